The Bertz CT molecular complexity index is 605. The molecule has 3 rings (SSSR count). The van der Waals surface area contributed by atoms with E-state index in [2.05, 4.69) is 21.1 Å². The van der Waals surface area contributed by atoms with Gasteiger partial charge in [-0.15, -0.1) is 0 Å². The fourth-order valence-corrected chi connectivity index (χ4v) is 2.48. The monoisotopic (exact) mass is 273 g/mol. The molecule has 2 aromatic carbocycles. The molecule has 0 bridgehead atoms. The Hall–Kier alpha value is -1.61. The standard InChI is InChI=1S/C13H8BrNO/c14-8-5-6-11-12(7-8)9-3-1-2-4-10(9)13(11)15-16/h1-7,16H/b15-13-. The van der Waals surface area contributed by atoms with E-state index in [-0.39, 0.29) is 0 Å². The molecule has 0 unspecified atom stereocenters. The van der Waals surface area contributed by atoms with E-state index < -0.39 is 0 Å². The van der Waals surface area contributed by atoms with Gasteiger partial charge in [-0.2, -0.15) is 0 Å². The zero-order valence-corrected chi connectivity index (χ0v) is 9.90. The Morgan fingerprint density at radius 2 is 1.56 bits per heavy atom. The summed E-state index contributed by atoms with van der Waals surface area (Å²) >= 11 is 3.46. The summed E-state index contributed by atoms with van der Waals surface area (Å²) in [4.78, 5) is 0. The van der Waals surface area contributed by atoms with Gasteiger partial charge in [-0.25, -0.2) is 0 Å². The van der Waals surface area contributed by atoms with E-state index in [9.17, 15) is 0 Å². The average molecular weight is 274 g/mol. The van der Waals surface area contributed by atoms with Crippen LogP contribution < -0.4 is 0 Å². The molecule has 1 aliphatic carbocycles. The maximum Gasteiger partial charge on any atom is 0.118 e. The molecule has 1 aliphatic rings. The molecular weight excluding hydrogens is 266 g/mol. The molecule has 0 radical (unpaired) electrons. The van der Waals surface area contributed by atoms with E-state index in [0.717, 1.165) is 26.7 Å². The van der Waals surface area contributed by atoms with Crippen molar-refractivity contribution in [2.24, 2.45) is 5.16 Å². The van der Waals surface area contributed by atoms with Crippen LogP contribution in [0.15, 0.2) is 52.1 Å². The molecule has 0 amide bonds. The van der Waals surface area contributed by atoms with Crippen LogP contribution in [0.1, 0.15) is 11.1 Å². The van der Waals surface area contributed by atoms with Crippen LogP contribution in [0.2, 0.25) is 0 Å². The van der Waals surface area contributed by atoms with Gasteiger partial charge in [-0.3, -0.25) is 0 Å². The zero-order valence-electron chi connectivity index (χ0n) is 8.31. The SMILES string of the molecule is O/N=C1/c2ccccc2-c2cc(Br)ccc21. The molecule has 2 nitrogen and oxygen atoms in total. The highest BCUT2D eigenvalue weighted by Crippen LogP contribution is 2.38. The van der Waals surface area contributed by atoms with E-state index in [4.69, 9.17) is 5.21 Å². The van der Waals surface area contributed by atoms with Gasteiger partial charge in [0.05, 0.1) is 0 Å². The predicted octanol–water partition coefficient (Wildman–Crippen LogP) is 3.66. The lowest BCUT2D eigenvalue weighted by Gasteiger charge is -1.99. The van der Waals surface area contributed by atoms with Crippen molar-refractivity contribution in [3.8, 4) is 11.1 Å². The smallest absolute Gasteiger partial charge is 0.118 e. The minimum absolute atomic E-state index is 0.651. The molecule has 0 aliphatic heterocycles. The average Bonchev–Trinajstić information content (AvgIpc) is 2.62. The molecule has 0 atom stereocenters. The van der Waals surface area contributed by atoms with E-state index in [1.165, 1.54) is 0 Å². The highest BCUT2D eigenvalue weighted by Gasteiger charge is 2.24. The molecule has 16 heavy (non-hydrogen) atoms. The van der Waals surface area contributed by atoms with Gasteiger partial charge in [0.25, 0.3) is 0 Å². The minimum atomic E-state index is 0.651. The first-order chi connectivity index (χ1) is 7.81. The number of fused-ring (bicyclic) bond motifs is 3. The lowest BCUT2D eigenvalue weighted by atomic mass is 10.1. The highest BCUT2D eigenvalue weighted by molar-refractivity contribution is 9.10. The van der Waals surface area contributed by atoms with Crippen molar-refractivity contribution in [1.29, 1.82) is 0 Å². The third kappa shape index (κ3) is 1.21. The Balaban J connectivity index is 2.40. The number of benzene rings is 2. The number of halogens is 1. The van der Waals surface area contributed by atoms with Gasteiger partial charge in [0.15, 0.2) is 0 Å². The van der Waals surface area contributed by atoms with Crippen LogP contribution in [0.25, 0.3) is 11.1 Å². The second-order valence-corrected chi connectivity index (χ2v) is 4.60. The summed E-state index contributed by atoms with van der Waals surface area (Å²) in [5, 5.41) is 12.5. The largest absolute Gasteiger partial charge is 0.410 e. The fraction of sp³-hybridized carbons (Fsp3) is 0. The quantitative estimate of drug-likeness (QED) is 0.492. The van der Waals surface area contributed by atoms with Crippen LogP contribution in [-0.4, -0.2) is 10.9 Å². The van der Waals surface area contributed by atoms with Crippen molar-refractivity contribution in [3.05, 3.63) is 58.1 Å². The van der Waals surface area contributed by atoms with Crippen LogP contribution in [0, 0.1) is 0 Å². The van der Waals surface area contributed by atoms with Gasteiger partial charge in [0, 0.05) is 15.6 Å². The summed E-state index contributed by atoms with van der Waals surface area (Å²) in [6.45, 7) is 0. The summed E-state index contributed by atoms with van der Waals surface area (Å²) in [5.41, 5.74) is 4.84. The maximum absolute atomic E-state index is 9.11. The van der Waals surface area contributed by atoms with Crippen molar-refractivity contribution in [2.45, 2.75) is 0 Å². The molecule has 0 saturated heterocycles. The van der Waals surface area contributed by atoms with Crippen molar-refractivity contribution < 1.29 is 5.21 Å². The molecule has 0 saturated carbocycles. The Kier molecular flexibility index (Phi) is 2.07. The number of hydrogen-bond donors (Lipinski definition) is 1. The molecule has 0 fully saturated rings. The Morgan fingerprint density at radius 3 is 2.31 bits per heavy atom. The second-order valence-electron chi connectivity index (χ2n) is 3.68. The highest BCUT2D eigenvalue weighted by atomic mass is 79.9. The second kappa shape index (κ2) is 3.46. The van der Waals surface area contributed by atoms with E-state index in [0.29, 0.717) is 5.71 Å². The van der Waals surface area contributed by atoms with E-state index in [1.807, 2.05) is 42.5 Å². The third-order valence-corrected chi connectivity index (χ3v) is 3.30. The van der Waals surface area contributed by atoms with Gasteiger partial charge in [0.2, 0.25) is 0 Å². The lowest BCUT2D eigenvalue weighted by Crippen LogP contribution is -1.97. The first-order valence-electron chi connectivity index (χ1n) is 4.93. The molecule has 0 spiro atoms. The Labute approximate surface area is 101 Å². The Morgan fingerprint density at radius 1 is 0.875 bits per heavy atom. The molecule has 0 heterocycles. The maximum atomic E-state index is 9.11. The number of rotatable bonds is 0. The van der Waals surface area contributed by atoms with Crippen molar-refractivity contribution in [1.82, 2.24) is 0 Å². The number of hydrogen-bond acceptors (Lipinski definition) is 2. The van der Waals surface area contributed by atoms with Crippen molar-refractivity contribution >= 4 is 21.6 Å². The zero-order chi connectivity index (χ0) is 11.1. The van der Waals surface area contributed by atoms with Gasteiger partial charge in [-0.05, 0) is 23.3 Å². The summed E-state index contributed by atoms with van der Waals surface area (Å²) in [6, 6.07) is 13.9. The predicted molar refractivity (Wildman–Crippen MR) is 67.0 cm³/mol. The van der Waals surface area contributed by atoms with Gasteiger partial charge in [-0.1, -0.05) is 51.4 Å². The number of oxime groups is 1. The topological polar surface area (TPSA) is 32.6 Å². The van der Waals surface area contributed by atoms with Crippen molar-refractivity contribution in [3.63, 3.8) is 0 Å². The normalized spacial score (nSPS) is 14.9. The molecule has 1 N–H and O–H groups in total. The number of nitrogens with zero attached hydrogens (tertiary/aromatic N) is 1. The first kappa shape index (κ1) is 9.60. The summed E-state index contributed by atoms with van der Waals surface area (Å²) in [7, 11) is 0. The van der Waals surface area contributed by atoms with Gasteiger partial charge in [0.1, 0.15) is 5.71 Å². The third-order valence-electron chi connectivity index (χ3n) is 2.81. The van der Waals surface area contributed by atoms with Crippen LogP contribution >= 0.6 is 15.9 Å². The summed E-state index contributed by atoms with van der Waals surface area (Å²) < 4.78 is 1.03. The molecule has 3 heteroatoms. The van der Waals surface area contributed by atoms with Crippen LogP contribution in [0.5, 0.6) is 0 Å². The molecule has 2 aromatic rings. The van der Waals surface area contributed by atoms with E-state index in [1.54, 1.807) is 0 Å². The van der Waals surface area contributed by atoms with Gasteiger partial charge < -0.3 is 5.21 Å². The van der Waals surface area contributed by atoms with Crippen molar-refractivity contribution in [2.75, 3.05) is 0 Å². The molecular formula is C13H8BrNO. The van der Waals surface area contributed by atoms with Crippen LogP contribution in [0.3, 0.4) is 0 Å². The van der Waals surface area contributed by atoms with Crippen LogP contribution in [-0.2, 0) is 0 Å². The molecule has 78 valence electrons. The fourth-order valence-electron chi connectivity index (χ4n) is 2.12. The summed E-state index contributed by atoms with van der Waals surface area (Å²) in [6.07, 6.45) is 0. The molecule has 0 aromatic heterocycles. The minimum Gasteiger partial charge on any atom is -0.410 e. The van der Waals surface area contributed by atoms with Gasteiger partial charge >= 0.3 is 0 Å². The summed E-state index contributed by atoms with van der Waals surface area (Å²) in [5.74, 6) is 0. The van der Waals surface area contributed by atoms with E-state index >= 15 is 0 Å². The lowest BCUT2D eigenvalue weighted by molar-refractivity contribution is 0.320. The van der Waals surface area contributed by atoms with Crippen LogP contribution in [0.4, 0.5) is 0 Å². The first-order valence-corrected chi connectivity index (χ1v) is 5.72.